The Morgan fingerprint density at radius 3 is 1.21 bits per heavy atom. The fourth-order valence-electron chi connectivity index (χ4n) is 7.36. The fourth-order valence-corrected chi connectivity index (χ4v) is 7.82. The Bertz CT molecular complexity index is 1000. The maximum atomic E-state index is 11.7. The van der Waals surface area contributed by atoms with Crippen molar-refractivity contribution in [3.63, 3.8) is 0 Å². The van der Waals surface area contributed by atoms with Crippen LogP contribution in [0.2, 0.25) is 0 Å². The van der Waals surface area contributed by atoms with E-state index in [-0.39, 0.29) is 36.7 Å². The van der Waals surface area contributed by atoms with E-state index in [0.29, 0.717) is 18.1 Å². The number of carbonyl (C=O) groups excluding carboxylic acids is 2. The van der Waals surface area contributed by atoms with Crippen LogP contribution < -0.4 is 22.1 Å². The molecule has 5 fully saturated rings. The topological polar surface area (TPSA) is 163 Å². The molecule has 5 aliphatic rings. The van der Waals surface area contributed by atoms with Gasteiger partial charge in [0, 0.05) is 73.1 Å². The highest BCUT2D eigenvalue weighted by molar-refractivity contribution is 9.09. The first-order chi connectivity index (χ1) is 26.1. The molecule has 0 unspecified atom stereocenters. The molecule has 0 aromatic carbocycles. The number of ether oxygens (including phenoxy) is 5. The Morgan fingerprint density at radius 2 is 0.893 bits per heavy atom. The first kappa shape index (κ1) is 53.5. The molecule has 16 heteroatoms. The molecule has 332 valence electrons. The van der Waals surface area contributed by atoms with Crippen LogP contribution >= 0.6 is 44.3 Å². The molecule has 5 rings (SSSR count). The van der Waals surface area contributed by atoms with Gasteiger partial charge in [-0.05, 0) is 119 Å². The van der Waals surface area contributed by atoms with Gasteiger partial charge in [0.25, 0.3) is 0 Å². The number of nitrogens with one attached hydrogen (secondary N) is 2. The van der Waals surface area contributed by atoms with Crippen molar-refractivity contribution < 1.29 is 33.3 Å². The monoisotopic (exact) mass is 948 g/mol. The summed E-state index contributed by atoms with van der Waals surface area (Å²) in [6, 6.07) is 2.74. The van der Waals surface area contributed by atoms with Gasteiger partial charge in [-0.1, -0.05) is 31.9 Å². The Balaban J connectivity index is 0.000000391. The highest BCUT2D eigenvalue weighted by atomic mass is 79.9. The van der Waals surface area contributed by atoms with E-state index >= 15 is 0 Å². The molecule has 13 nitrogen and oxygen atoms in total. The van der Waals surface area contributed by atoms with Crippen molar-refractivity contribution >= 4 is 56.5 Å². The molecule has 0 spiro atoms. The van der Waals surface area contributed by atoms with Gasteiger partial charge < -0.3 is 45.8 Å². The molecule has 2 amide bonds. The van der Waals surface area contributed by atoms with Crippen molar-refractivity contribution in [2.45, 2.75) is 166 Å². The predicted octanol–water partition coefficient (Wildman–Crippen LogP) is 6.74. The minimum absolute atomic E-state index is 0. The van der Waals surface area contributed by atoms with Crippen molar-refractivity contribution in [2.24, 2.45) is 11.5 Å². The third-order valence-corrected chi connectivity index (χ3v) is 10.9. The van der Waals surface area contributed by atoms with E-state index in [1.54, 1.807) is 0 Å². The quantitative estimate of drug-likeness (QED) is 0.151. The Kier molecular flexibility index (Phi) is 28.4. The number of nitrogens with zero attached hydrogens (tertiary/aromatic N) is 2. The average molecular weight is 951 g/mol. The van der Waals surface area contributed by atoms with E-state index in [1.165, 1.54) is 25.7 Å². The maximum absolute atomic E-state index is 11.7. The number of alkyl carbamates (subject to hydrolysis) is 2. The van der Waals surface area contributed by atoms with E-state index in [2.05, 4.69) is 52.3 Å². The van der Waals surface area contributed by atoms with Crippen molar-refractivity contribution in [2.75, 3.05) is 76.5 Å². The van der Waals surface area contributed by atoms with Crippen LogP contribution in [0.4, 0.5) is 9.59 Å². The first-order valence-corrected chi connectivity index (χ1v) is 23.2. The van der Waals surface area contributed by atoms with Crippen LogP contribution in [0.3, 0.4) is 0 Å². The van der Waals surface area contributed by atoms with Crippen molar-refractivity contribution in [1.82, 2.24) is 20.4 Å². The van der Waals surface area contributed by atoms with Gasteiger partial charge in [-0.25, -0.2) is 9.59 Å². The van der Waals surface area contributed by atoms with Crippen LogP contribution in [0.1, 0.15) is 119 Å². The minimum Gasteiger partial charge on any atom is -0.444 e. The molecular weight excluding hydrogens is 872 g/mol. The zero-order valence-electron chi connectivity index (χ0n) is 35.5. The lowest BCUT2D eigenvalue weighted by atomic mass is 9.90. The van der Waals surface area contributed by atoms with Crippen LogP contribution in [0.5, 0.6) is 0 Å². The molecule has 3 aliphatic carbocycles. The smallest absolute Gasteiger partial charge is 0.407 e. The third-order valence-electron chi connectivity index (χ3n) is 10.2. The highest BCUT2D eigenvalue weighted by Crippen LogP contribution is 2.25. The van der Waals surface area contributed by atoms with Gasteiger partial charge in [-0.3, -0.25) is 9.80 Å². The SMILES string of the molecule is BrCCOCCBr.CC(C)(C)OC(=O)NC1CCC(N)CC1.CC(C)(C)OC(=O)NC1CCC(N2CCOCC2)CC1.Cl.NC1CCC(N2CCOCC2)CC1. The number of amides is 2. The third kappa shape index (κ3) is 25.9. The summed E-state index contributed by atoms with van der Waals surface area (Å²) in [5.74, 6) is 0. The van der Waals surface area contributed by atoms with E-state index in [9.17, 15) is 9.59 Å². The lowest BCUT2D eigenvalue weighted by Crippen LogP contribution is -2.48. The lowest BCUT2D eigenvalue weighted by molar-refractivity contribution is 0.00565. The molecule has 3 saturated carbocycles. The molecule has 56 heavy (non-hydrogen) atoms. The first-order valence-electron chi connectivity index (χ1n) is 20.9. The number of nitrogens with two attached hydrogens (primary N) is 2. The van der Waals surface area contributed by atoms with E-state index in [1.807, 2.05) is 41.5 Å². The molecule has 0 bridgehead atoms. The summed E-state index contributed by atoms with van der Waals surface area (Å²) in [7, 11) is 0. The van der Waals surface area contributed by atoms with Gasteiger partial charge in [-0.15, -0.1) is 12.4 Å². The fraction of sp³-hybridized carbons (Fsp3) is 0.950. The zero-order valence-corrected chi connectivity index (χ0v) is 39.5. The van der Waals surface area contributed by atoms with Crippen LogP contribution in [-0.2, 0) is 23.7 Å². The summed E-state index contributed by atoms with van der Waals surface area (Å²) in [4.78, 5) is 28.3. The number of halogens is 3. The van der Waals surface area contributed by atoms with Crippen LogP contribution in [0.15, 0.2) is 0 Å². The molecule has 2 saturated heterocycles. The second-order valence-corrected chi connectivity index (χ2v) is 18.9. The van der Waals surface area contributed by atoms with Gasteiger partial charge >= 0.3 is 12.2 Å². The van der Waals surface area contributed by atoms with Crippen LogP contribution in [0, 0.1) is 0 Å². The minimum atomic E-state index is -0.422. The van der Waals surface area contributed by atoms with E-state index in [0.717, 1.165) is 134 Å². The number of morpholine rings is 2. The van der Waals surface area contributed by atoms with Gasteiger partial charge in [-0.2, -0.15) is 0 Å². The number of hydrogen-bond acceptors (Lipinski definition) is 11. The van der Waals surface area contributed by atoms with Gasteiger partial charge in [0.15, 0.2) is 0 Å². The second kappa shape index (κ2) is 29.7. The summed E-state index contributed by atoms with van der Waals surface area (Å²) in [5, 5.41) is 7.73. The highest BCUT2D eigenvalue weighted by Gasteiger charge is 2.29. The summed E-state index contributed by atoms with van der Waals surface area (Å²) in [5.41, 5.74) is 10.8. The summed E-state index contributed by atoms with van der Waals surface area (Å²) in [6.07, 6.45) is 12.7. The zero-order chi connectivity index (χ0) is 40.7. The van der Waals surface area contributed by atoms with Crippen molar-refractivity contribution in [1.29, 1.82) is 0 Å². The predicted molar refractivity (Wildman–Crippen MR) is 236 cm³/mol. The van der Waals surface area contributed by atoms with Crippen molar-refractivity contribution in [3.8, 4) is 0 Å². The normalized spacial score (nSPS) is 27.5. The molecule has 0 radical (unpaired) electrons. The lowest BCUT2D eigenvalue weighted by Gasteiger charge is -2.38. The Morgan fingerprint density at radius 1 is 0.589 bits per heavy atom. The molecule has 2 aliphatic heterocycles. The van der Waals surface area contributed by atoms with Gasteiger partial charge in [0.05, 0.1) is 39.6 Å². The van der Waals surface area contributed by atoms with E-state index in [4.69, 9.17) is 35.2 Å². The summed E-state index contributed by atoms with van der Waals surface area (Å²) in [6.45, 7) is 20.8. The maximum Gasteiger partial charge on any atom is 0.407 e. The number of carbonyl (C=O) groups is 2. The summed E-state index contributed by atoms with van der Waals surface area (Å²) >= 11 is 6.48. The molecule has 2 heterocycles. The van der Waals surface area contributed by atoms with Gasteiger partial charge in [0.2, 0.25) is 0 Å². The Labute approximate surface area is 362 Å². The van der Waals surface area contributed by atoms with E-state index < -0.39 is 11.2 Å². The number of alkyl halides is 2. The molecule has 0 atom stereocenters. The second-order valence-electron chi connectivity index (χ2n) is 17.3. The van der Waals surface area contributed by atoms with Crippen molar-refractivity contribution in [3.05, 3.63) is 0 Å². The standard InChI is InChI=1S/C15H28N2O3.C11H22N2O2.C10H20N2O.C4H8Br2O.ClH/c1-15(2,3)20-14(18)16-12-4-6-13(7-5-12)17-8-10-19-11-9-17;1-11(2,3)15-10(14)13-9-6-4-8(12)5-7-9;11-9-1-3-10(4-2-9)12-5-7-13-8-6-12;5-1-3-7-4-2-6;/h12-13H,4-11H2,1-3H3,(H,16,18);8-9H,4-7,12H2,1-3H3,(H,13,14);9-10H,1-8,11H2;1-4H2;1H. The Hall–Kier alpha value is -0.490. The number of rotatable bonds is 8. The van der Waals surface area contributed by atoms with Crippen LogP contribution in [-0.4, -0.2) is 146 Å². The number of hydrogen-bond donors (Lipinski definition) is 4. The largest absolute Gasteiger partial charge is 0.444 e. The molecule has 0 aromatic rings. The molecule has 6 N–H and O–H groups in total. The van der Waals surface area contributed by atoms with Gasteiger partial charge in [0.1, 0.15) is 11.2 Å². The average Bonchev–Trinajstić information content (AvgIpc) is 3.13. The molecule has 0 aromatic heterocycles. The van der Waals surface area contributed by atoms with Crippen LogP contribution in [0.25, 0.3) is 0 Å². The summed E-state index contributed by atoms with van der Waals surface area (Å²) < 4.78 is 26.3. The molecular formula is C40H79Br2ClN6O7.